The summed E-state index contributed by atoms with van der Waals surface area (Å²) in [4.78, 5) is 2.37. The van der Waals surface area contributed by atoms with Crippen LogP contribution >= 0.6 is 0 Å². The van der Waals surface area contributed by atoms with E-state index in [1.165, 1.54) is 44.5 Å². The fourth-order valence-corrected chi connectivity index (χ4v) is 8.01. The van der Waals surface area contributed by atoms with E-state index in [9.17, 15) is 0 Å². The van der Waals surface area contributed by atoms with Crippen molar-refractivity contribution in [3.05, 3.63) is 224 Å². The number of rotatable bonds is 8. The van der Waals surface area contributed by atoms with Gasteiger partial charge in [-0.2, -0.15) is 0 Å². The third kappa shape index (κ3) is 6.14. The molecule has 264 valence electrons. The zero-order chi connectivity index (χ0) is 37.3. The van der Waals surface area contributed by atoms with Gasteiger partial charge in [-0.15, -0.1) is 0 Å². The van der Waals surface area contributed by atoms with Gasteiger partial charge in [0.1, 0.15) is 11.2 Å². The summed E-state index contributed by atoms with van der Waals surface area (Å²) in [6.45, 7) is 0. The smallest absolute Gasteiger partial charge is 0.137 e. The van der Waals surface area contributed by atoms with Crippen molar-refractivity contribution in [2.45, 2.75) is 0 Å². The molecule has 0 fully saturated rings. The molecule has 0 saturated carbocycles. The summed E-state index contributed by atoms with van der Waals surface area (Å²) in [6, 6.07) is 80.2. The Balaban J connectivity index is 1.21. The molecule has 0 bridgehead atoms. The fourth-order valence-electron chi connectivity index (χ4n) is 8.01. The highest BCUT2D eigenvalue weighted by Crippen LogP contribution is 2.47. The number of hydrogen-bond acceptors (Lipinski definition) is 2. The standard InChI is InChI=1S/C54H37NO/c1-4-16-38(17-5-1)40-28-31-43(32-29-40)55(44-33-35-50-49-25-13-15-27-53(49)56-54(50)37-44)52-26-14-12-24-48(52)51-36-42(39-18-6-2-7-19-39)30-34-47(51)46-23-11-10-22-45(46)41-20-8-3-9-21-41/h1-37H. The molecule has 0 amide bonds. The molecular weight excluding hydrogens is 679 g/mol. The molecule has 9 aromatic carbocycles. The first-order valence-corrected chi connectivity index (χ1v) is 19.1. The summed E-state index contributed by atoms with van der Waals surface area (Å²) >= 11 is 0. The molecule has 0 aliphatic carbocycles. The molecule has 10 aromatic rings. The molecule has 0 saturated heterocycles. The molecule has 1 aromatic heterocycles. The SMILES string of the molecule is c1ccc(-c2ccc(N(c3ccc4c(c3)oc3ccccc34)c3ccccc3-c3cc(-c4ccccc4)ccc3-c3ccccc3-c3ccccc3)cc2)cc1. The van der Waals surface area contributed by atoms with Gasteiger partial charge in [0, 0.05) is 33.8 Å². The van der Waals surface area contributed by atoms with Crippen LogP contribution in [0.25, 0.3) is 77.6 Å². The van der Waals surface area contributed by atoms with E-state index in [2.05, 4.69) is 217 Å². The van der Waals surface area contributed by atoms with Crippen LogP contribution in [-0.4, -0.2) is 0 Å². The third-order valence-corrected chi connectivity index (χ3v) is 10.7. The quantitative estimate of drug-likeness (QED) is 0.156. The van der Waals surface area contributed by atoms with Crippen LogP contribution in [0.15, 0.2) is 229 Å². The maximum absolute atomic E-state index is 6.48. The average Bonchev–Trinajstić information content (AvgIpc) is 3.66. The first-order chi connectivity index (χ1) is 27.8. The van der Waals surface area contributed by atoms with E-state index in [-0.39, 0.29) is 0 Å². The van der Waals surface area contributed by atoms with Crippen LogP contribution in [0.1, 0.15) is 0 Å². The van der Waals surface area contributed by atoms with Gasteiger partial charge in [-0.3, -0.25) is 0 Å². The Morgan fingerprint density at radius 2 is 0.768 bits per heavy atom. The maximum Gasteiger partial charge on any atom is 0.137 e. The molecular formula is C54H37NO. The van der Waals surface area contributed by atoms with Gasteiger partial charge >= 0.3 is 0 Å². The highest BCUT2D eigenvalue weighted by Gasteiger charge is 2.22. The van der Waals surface area contributed by atoms with Gasteiger partial charge in [-0.25, -0.2) is 0 Å². The number of nitrogens with zero attached hydrogens (tertiary/aromatic N) is 1. The minimum atomic E-state index is 0.857. The van der Waals surface area contributed by atoms with Crippen molar-refractivity contribution in [3.8, 4) is 55.6 Å². The molecule has 0 N–H and O–H groups in total. The molecule has 0 radical (unpaired) electrons. The molecule has 0 spiro atoms. The lowest BCUT2D eigenvalue weighted by Crippen LogP contribution is -2.11. The minimum absolute atomic E-state index is 0.857. The number of fused-ring (bicyclic) bond motifs is 3. The summed E-state index contributed by atoms with van der Waals surface area (Å²) < 4.78 is 6.48. The van der Waals surface area contributed by atoms with Crippen molar-refractivity contribution in [2.24, 2.45) is 0 Å². The Hall–Kier alpha value is -7.42. The molecule has 56 heavy (non-hydrogen) atoms. The Bertz CT molecular complexity index is 2950. The first-order valence-electron chi connectivity index (χ1n) is 19.1. The van der Waals surface area contributed by atoms with E-state index in [0.29, 0.717) is 0 Å². The highest BCUT2D eigenvalue weighted by atomic mass is 16.3. The Morgan fingerprint density at radius 3 is 1.50 bits per heavy atom. The lowest BCUT2D eigenvalue weighted by molar-refractivity contribution is 0.669. The number of benzene rings is 9. The van der Waals surface area contributed by atoms with Crippen molar-refractivity contribution in [2.75, 3.05) is 4.90 Å². The van der Waals surface area contributed by atoms with Crippen LogP contribution in [0.5, 0.6) is 0 Å². The van der Waals surface area contributed by atoms with Gasteiger partial charge in [0.25, 0.3) is 0 Å². The number of para-hydroxylation sites is 2. The molecule has 2 heteroatoms. The zero-order valence-electron chi connectivity index (χ0n) is 30.7. The van der Waals surface area contributed by atoms with Crippen molar-refractivity contribution in [1.29, 1.82) is 0 Å². The lowest BCUT2D eigenvalue weighted by atomic mass is 9.86. The summed E-state index contributed by atoms with van der Waals surface area (Å²) in [7, 11) is 0. The number of hydrogen-bond donors (Lipinski definition) is 0. The van der Waals surface area contributed by atoms with E-state index in [1.54, 1.807) is 0 Å². The molecule has 0 aliphatic rings. The van der Waals surface area contributed by atoms with Gasteiger partial charge in [-0.1, -0.05) is 176 Å². The summed E-state index contributed by atoms with van der Waals surface area (Å²) in [6.07, 6.45) is 0. The Morgan fingerprint density at radius 1 is 0.268 bits per heavy atom. The summed E-state index contributed by atoms with van der Waals surface area (Å²) in [5.74, 6) is 0. The molecule has 10 rings (SSSR count). The predicted octanol–water partition coefficient (Wildman–Crippen LogP) is 15.4. The van der Waals surface area contributed by atoms with Gasteiger partial charge in [0.2, 0.25) is 0 Å². The van der Waals surface area contributed by atoms with Crippen LogP contribution in [0.3, 0.4) is 0 Å². The van der Waals surface area contributed by atoms with Crippen LogP contribution in [0.2, 0.25) is 0 Å². The van der Waals surface area contributed by atoms with Crippen molar-refractivity contribution < 1.29 is 4.42 Å². The van der Waals surface area contributed by atoms with Gasteiger partial charge in [0.15, 0.2) is 0 Å². The molecule has 1 heterocycles. The van der Waals surface area contributed by atoms with Crippen LogP contribution in [-0.2, 0) is 0 Å². The third-order valence-electron chi connectivity index (χ3n) is 10.7. The first kappa shape index (κ1) is 33.2. The van der Waals surface area contributed by atoms with Gasteiger partial charge < -0.3 is 9.32 Å². The Kier molecular flexibility index (Phi) is 8.55. The second kappa shape index (κ2) is 14.4. The van der Waals surface area contributed by atoms with Crippen molar-refractivity contribution in [1.82, 2.24) is 0 Å². The van der Waals surface area contributed by atoms with Gasteiger partial charge in [0.05, 0.1) is 5.69 Å². The number of anilines is 3. The maximum atomic E-state index is 6.48. The second-order valence-electron chi connectivity index (χ2n) is 14.1. The summed E-state index contributed by atoms with van der Waals surface area (Å²) in [5, 5.41) is 2.22. The predicted molar refractivity (Wildman–Crippen MR) is 236 cm³/mol. The highest BCUT2D eigenvalue weighted by molar-refractivity contribution is 6.06. The van der Waals surface area contributed by atoms with E-state index < -0.39 is 0 Å². The largest absolute Gasteiger partial charge is 0.456 e. The van der Waals surface area contributed by atoms with E-state index >= 15 is 0 Å². The zero-order valence-corrected chi connectivity index (χ0v) is 30.7. The normalized spacial score (nSPS) is 11.2. The minimum Gasteiger partial charge on any atom is -0.456 e. The average molecular weight is 716 g/mol. The van der Waals surface area contributed by atoms with Crippen molar-refractivity contribution >= 4 is 39.0 Å². The van der Waals surface area contributed by atoms with Crippen LogP contribution in [0.4, 0.5) is 17.1 Å². The van der Waals surface area contributed by atoms with Crippen LogP contribution in [0, 0.1) is 0 Å². The monoisotopic (exact) mass is 715 g/mol. The van der Waals surface area contributed by atoms with E-state index in [1.807, 2.05) is 12.1 Å². The molecule has 0 atom stereocenters. The number of furan rings is 1. The van der Waals surface area contributed by atoms with E-state index in [4.69, 9.17) is 4.42 Å². The molecule has 0 aliphatic heterocycles. The second-order valence-corrected chi connectivity index (χ2v) is 14.1. The summed E-state index contributed by atoms with van der Waals surface area (Å²) in [5.41, 5.74) is 16.6. The Labute approximate surface area is 327 Å². The molecule has 2 nitrogen and oxygen atoms in total. The topological polar surface area (TPSA) is 16.4 Å². The van der Waals surface area contributed by atoms with Crippen molar-refractivity contribution in [3.63, 3.8) is 0 Å². The van der Waals surface area contributed by atoms with Crippen LogP contribution < -0.4 is 4.90 Å². The van der Waals surface area contributed by atoms with Gasteiger partial charge in [-0.05, 0) is 92.5 Å². The molecule has 0 unspecified atom stereocenters. The fraction of sp³-hybridized carbons (Fsp3) is 0. The van der Waals surface area contributed by atoms with E-state index in [0.717, 1.165) is 50.1 Å². The lowest BCUT2D eigenvalue weighted by Gasteiger charge is -2.29.